The Labute approximate surface area is 126 Å². The van der Waals surface area contributed by atoms with Crippen molar-refractivity contribution >= 4 is 41.2 Å². The van der Waals surface area contributed by atoms with E-state index in [1.54, 1.807) is 18.2 Å². The molecule has 0 saturated carbocycles. The number of carbonyl (C=O) groups is 2. The van der Waals surface area contributed by atoms with Gasteiger partial charge in [0.15, 0.2) is 6.10 Å². The van der Waals surface area contributed by atoms with Gasteiger partial charge in [-0.15, -0.1) is 0 Å². The smallest absolute Gasteiger partial charge is 0.336 e. The molecule has 7 heteroatoms. The van der Waals surface area contributed by atoms with Crippen molar-refractivity contribution in [3.8, 4) is 0 Å². The summed E-state index contributed by atoms with van der Waals surface area (Å²) in [6.07, 6.45) is 1.31. The summed E-state index contributed by atoms with van der Waals surface area (Å²) in [6, 6.07) is 5.03. The van der Waals surface area contributed by atoms with Crippen LogP contribution in [0.2, 0.25) is 10.0 Å². The average Bonchev–Trinajstić information content (AvgIpc) is 2.45. The highest BCUT2D eigenvalue weighted by atomic mass is 35.5. The van der Waals surface area contributed by atoms with Crippen molar-refractivity contribution in [2.24, 2.45) is 0 Å². The van der Waals surface area contributed by atoms with Crippen LogP contribution in [0, 0.1) is 0 Å². The predicted octanol–water partition coefficient (Wildman–Crippen LogP) is 1.66. The standard InChI is InChI=1S/C13H13Cl2NO4/c1-20-13(19)10(17)7-16-11(18)6-5-8-3-2-4-9(14)12(8)15/h2-6,10,17H,7H2,1H3,(H,16,18)/b6-5+. The van der Waals surface area contributed by atoms with Crippen LogP contribution in [0.4, 0.5) is 0 Å². The van der Waals surface area contributed by atoms with E-state index in [4.69, 9.17) is 23.2 Å². The Bertz CT molecular complexity index is 531. The van der Waals surface area contributed by atoms with Crippen LogP contribution in [0.3, 0.4) is 0 Å². The van der Waals surface area contributed by atoms with Crippen LogP contribution < -0.4 is 5.32 Å². The van der Waals surface area contributed by atoms with E-state index in [-0.39, 0.29) is 6.54 Å². The number of carbonyl (C=O) groups excluding carboxylic acids is 2. The fourth-order valence-electron chi connectivity index (χ4n) is 1.29. The second-order valence-corrected chi connectivity index (χ2v) is 4.55. The maximum atomic E-state index is 11.5. The van der Waals surface area contributed by atoms with Gasteiger partial charge in [0.05, 0.1) is 23.7 Å². The molecule has 1 atom stereocenters. The predicted molar refractivity (Wildman–Crippen MR) is 76.5 cm³/mol. The number of esters is 1. The lowest BCUT2D eigenvalue weighted by molar-refractivity contribution is -0.150. The van der Waals surface area contributed by atoms with Gasteiger partial charge in [-0.1, -0.05) is 35.3 Å². The number of aliphatic hydroxyl groups is 1. The first-order chi connectivity index (χ1) is 9.45. The van der Waals surface area contributed by atoms with Gasteiger partial charge in [-0.05, 0) is 17.7 Å². The molecule has 1 rings (SSSR count). The molecule has 0 aliphatic carbocycles. The third kappa shape index (κ3) is 4.85. The molecule has 0 fully saturated rings. The maximum Gasteiger partial charge on any atom is 0.336 e. The number of benzene rings is 1. The monoisotopic (exact) mass is 317 g/mol. The molecular formula is C13H13Cl2NO4. The fraction of sp³-hybridized carbons (Fsp3) is 0.231. The number of ether oxygens (including phenoxy) is 1. The highest BCUT2D eigenvalue weighted by Gasteiger charge is 2.15. The van der Waals surface area contributed by atoms with Crippen molar-refractivity contribution in [3.63, 3.8) is 0 Å². The lowest BCUT2D eigenvalue weighted by atomic mass is 10.2. The van der Waals surface area contributed by atoms with Gasteiger partial charge in [-0.2, -0.15) is 0 Å². The number of nitrogens with one attached hydrogen (secondary N) is 1. The first kappa shape index (κ1) is 16.5. The van der Waals surface area contributed by atoms with Crippen LogP contribution in [0.25, 0.3) is 6.08 Å². The number of methoxy groups -OCH3 is 1. The van der Waals surface area contributed by atoms with Gasteiger partial charge in [-0.25, -0.2) is 4.79 Å². The third-order valence-electron chi connectivity index (χ3n) is 2.34. The zero-order chi connectivity index (χ0) is 15.1. The van der Waals surface area contributed by atoms with Crippen molar-refractivity contribution in [1.82, 2.24) is 5.32 Å². The number of amides is 1. The molecule has 20 heavy (non-hydrogen) atoms. The lowest BCUT2D eigenvalue weighted by Gasteiger charge is -2.08. The van der Waals surface area contributed by atoms with Crippen molar-refractivity contribution in [2.75, 3.05) is 13.7 Å². The molecule has 2 N–H and O–H groups in total. The number of hydrogen-bond acceptors (Lipinski definition) is 4. The molecule has 1 aromatic carbocycles. The van der Waals surface area contributed by atoms with E-state index >= 15 is 0 Å². The molecule has 1 unspecified atom stereocenters. The first-order valence-corrected chi connectivity index (χ1v) is 6.37. The summed E-state index contributed by atoms with van der Waals surface area (Å²) in [7, 11) is 1.15. The zero-order valence-electron chi connectivity index (χ0n) is 10.6. The minimum absolute atomic E-state index is 0.237. The van der Waals surface area contributed by atoms with Crippen molar-refractivity contribution < 1.29 is 19.4 Å². The van der Waals surface area contributed by atoms with E-state index in [9.17, 15) is 14.7 Å². The Morgan fingerprint density at radius 1 is 1.45 bits per heavy atom. The zero-order valence-corrected chi connectivity index (χ0v) is 12.1. The summed E-state index contributed by atoms with van der Waals surface area (Å²) in [4.78, 5) is 22.4. The molecule has 1 aromatic rings. The van der Waals surface area contributed by atoms with Crippen molar-refractivity contribution in [2.45, 2.75) is 6.10 Å². The summed E-state index contributed by atoms with van der Waals surface area (Å²) >= 11 is 11.8. The largest absolute Gasteiger partial charge is 0.467 e. The van der Waals surface area contributed by atoms with Crippen LogP contribution in [0.1, 0.15) is 5.56 Å². The van der Waals surface area contributed by atoms with Crippen LogP contribution in [-0.2, 0) is 14.3 Å². The van der Waals surface area contributed by atoms with E-state index < -0.39 is 18.0 Å². The van der Waals surface area contributed by atoms with Gasteiger partial charge in [0, 0.05) is 6.08 Å². The summed E-state index contributed by atoms with van der Waals surface area (Å²) in [5.74, 6) is -1.30. The van der Waals surface area contributed by atoms with Crippen LogP contribution in [-0.4, -0.2) is 36.7 Å². The molecule has 0 aliphatic rings. The summed E-state index contributed by atoms with van der Waals surface area (Å²) in [6.45, 7) is -0.237. The minimum Gasteiger partial charge on any atom is -0.467 e. The average molecular weight is 318 g/mol. The Balaban J connectivity index is 2.56. The Kier molecular flexibility index (Phi) is 6.51. The van der Waals surface area contributed by atoms with Gasteiger partial charge in [-0.3, -0.25) is 4.79 Å². The van der Waals surface area contributed by atoms with Gasteiger partial charge >= 0.3 is 5.97 Å². The molecule has 1 amide bonds. The molecule has 108 valence electrons. The molecule has 0 bridgehead atoms. The lowest BCUT2D eigenvalue weighted by Crippen LogP contribution is -2.36. The van der Waals surface area contributed by atoms with Crippen LogP contribution >= 0.6 is 23.2 Å². The van der Waals surface area contributed by atoms with E-state index in [0.717, 1.165) is 7.11 Å². The molecule has 5 nitrogen and oxygen atoms in total. The molecular weight excluding hydrogens is 305 g/mol. The number of hydrogen-bond donors (Lipinski definition) is 2. The molecule has 0 aliphatic heterocycles. The third-order valence-corrected chi connectivity index (χ3v) is 3.17. The number of rotatable bonds is 5. The van der Waals surface area contributed by atoms with Gasteiger partial charge < -0.3 is 15.2 Å². The maximum absolute atomic E-state index is 11.5. The SMILES string of the molecule is COC(=O)C(O)CNC(=O)/C=C/c1cccc(Cl)c1Cl. The molecule has 0 saturated heterocycles. The summed E-state index contributed by atoms with van der Waals surface area (Å²) in [5, 5.41) is 12.4. The second-order valence-electron chi connectivity index (χ2n) is 3.76. The first-order valence-electron chi connectivity index (χ1n) is 5.61. The van der Waals surface area contributed by atoms with E-state index in [2.05, 4.69) is 10.1 Å². The Morgan fingerprint density at radius 3 is 2.80 bits per heavy atom. The molecule has 0 spiro atoms. The summed E-state index contributed by atoms with van der Waals surface area (Å²) in [5.41, 5.74) is 0.586. The van der Waals surface area contributed by atoms with Crippen LogP contribution in [0.15, 0.2) is 24.3 Å². The van der Waals surface area contributed by atoms with Crippen molar-refractivity contribution in [3.05, 3.63) is 39.9 Å². The normalized spacial score (nSPS) is 12.2. The number of aliphatic hydroxyl groups excluding tert-OH is 1. The molecule has 0 radical (unpaired) electrons. The van der Waals surface area contributed by atoms with Gasteiger partial charge in [0.2, 0.25) is 5.91 Å². The fourth-order valence-corrected chi connectivity index (χ4v) is 1.66. The Hall–Kier alpha value is -1.56. The topological polar surface area (TPSA) is 75.6 Å². The van der Waals surface area contributed by atoms with Crippen molar-refractivity contribution in [1.29, 1.82) is 0 Å². The minimum atomic E-state index is -1.40. The molecule has 0 aromatic heterocycles. The van der Waals surface area contributed by atoms with E-state index in [0.29, 0.717) is 15.6 Å². The van der Waals surface area contributed by atoms with E-state index in [1.807, 2.05) is 0 Å². The van der Waals surface area contributed by atoms with Gasteiger partial charge in [0.25, 0.3) is 0 Å². The highest BCUT2D eigenvalue weighted by Crippen LogP contribution is 2.26. The highest BCUT2D eigenvalue weighted by molar-refractivity contribution is 6.42. The Morgan fingerprint density at radius 2 is 2.15 bits per heavy atom. The van der Waals surface area contributed by atoms with E-state index in [1.165, 1.54) is 12.2 Å². The second kappa shape index (κ2) is 7.89. The van der Waals surface area contributed by atoms with Crippen LogP contribution in [0.5, 0.6) is 0 Å². The number of halogens is 2. The molecule has 0 heterocycles. The van der Waals surface area contributed by atoms with Gasteiger partial charge in [0.1, 0.15) is 0 Å². The quantitative estimate of drug-likeness (QED) is 0.639. The summed E-state index contributed by atoms with van der Waals surface area (Å²) < 4.78 is 4.31.